The van der Waals surface area contributed by atoms with Gasteiger partial charge in [-0.25, -0.2) is 0 Å². The molecule has 0 spiro atoms. The number of nitrogens with zero attached hydrogens (tertiary/aromatic N) is 2. The van der Waals surface area contributed by atoms with Gasteiger partial charge < -0.3 is 4.57 Å². The second kappa shape index (κ2) is 8.69. The first-order chi connectivity index (χ1) is 14.7. The van der Waals surface area contributed by atoms with E-state index in [1.165, 1.54) is 4.90 Å². The van der Waals surface area contributed by atoms with E-state index >= 15 is 0 Å². The molecule has 4 rings (SSSR count). The number of imide groups is 1. The van der Waals surface area contributed by atoms with Gasteiger partial charge in [-0.05, 0) is 85.6 Å². The number of halogens is 2. The fourth-order valence-corrected chi connectivity index (χ4v) is 4.87. The molecule has 0 saturated carbocycles. The summed E-state index contributed by atoms with van der Waals surface area (Å²) in [7, 11) is 0. The van der Waals surface area contributed by atoms with E-state index in [-0.39, 0.29) is 17.7 Å². The molecule has 1 aromatic heterocycles. The van der Waals surface area contributed by atoms with Gasteiger partial charge in [0.25, 0.3) is 11.1 Å². The van der Waals surface area contributed by atoms with Crippen LogP contribution in [0.4, 0.5) is 4.79 Å². The van der Waals surface area contributed by atoms with Crippen LogP contribution in [0.15, 0.2) is 57.9 Å². The second-order valence-corrected chi connectivity index (χ2v) is 9.81. The van der Waals surface area contributed by atoms with E-state index in [0.717, 1.165) is 50.0 Å². The molecular formula is C24H20BrClN2O2S. The minimum absolute atomic E-state index is 0.252. The number of benzene rings is 2. The Bertz CT molecular complexity index is 1230. The summed E-state index contributed by atoms with van der Waals surface area (Å²) in [4.78, 5) is 27.2. The number of hydrogen-bond acceptors (Lipinski definition) is 3. The molecule has 1 fully saturated rings. The van der Waals surface area contributed by atoms with E-state index in [0.29, 0.717) is 9.93 Å². The molecule has 1 aliphatic rings. The maximum absolute atomic E-state index is 12.9. The molecule has 0 radical (unpaired) electrons. The van der Waals surface area contributed by atoms with Gasteiger partial charge in [0.1, 0.15) is 0 Å². The van der Waals surface area contributed by atoms with Crippen molar-refractivity contribution in [3.8, 4) is 5.69 Å². The lowest BCUT2D eigenvalue weighted by Crippen LogP contribution is -2.27. The summed E-state index contributed by atoms with van der Waals surface area (Å²) < 4.78 is 3.05. The summed E-state index contributed by atoms with van der Waals surface area (Å²) >= 11 is 10.7. The predicted octanol–water partition coefficient (Wildman–Crippen LogP) is 7.05. The van der Waals surface area contributed by atoms with Crippen LogP contribution in [-0.2, 0) is 11.3 Å². The summed E-state index contributed by atoms with van der Waals surface area (Å²) in [5.41, 5.74) is 5.81. The van der Waals surface area contributed by atoms with E-state index in [2.05, 4.69) is 20.5 Å². The van der Waals surface area contributed by atoms with Gasteiger partial charge in [-0.2, -0.15) is 0 Å². The number of aromatic nitrogens is 1. The molecule has 0 atom stereocenters. The van der Waals surface area contributed by atoms with Crippen molar-refractivity contribution in [1.82, 2.24) is 9.47 Å². The van der Waals surface area contributed by atoms with Crippen molar-refractivity contribution >= 4 is 56.5 Å². The van der Waals surface area contributed by atoms with Crippen LogP contribution in [0.3, 0.4) is 0 Å². The lowest BCUT2D eigenvalue weighted by atomic mass is 10.2. The molecule has 0 N–H and O–H groups in total. The summed E-state index contributed by atoms with van der Waals surface area (Å²) in [6.07, 6.45) is 1.81. The van der Waals surface area contributed by atoms with Gasteiger partial charge in [-0.3, -0.25) is 14.5 Å². The van der Waals surface area contributed by atoms with Crippen molar-refractivity contribution < 1.29 is 9.59 Å². The van der Waals surface area contributed by atoms with Gasteiger partial charge in [0.2, 0.25) is 0 Å². The van der Waals surface area contributed by atoms with Crippen LogP contribution in [0.5, 0.6) is 0 Å². The van der Waals surface area contributed by atoms with Crippen molar-refractivity contribution in [3.05, 3.63) is 91.0 Å². The number of carbonyl (C=O) groups is 2. The summed E-state index contributed by atoms with van der Waals surface area (Å²) in [6.45, 7) is 6.24. The normalized spacial score (nSPS) is 15.4. The molecule has 3 aromatic rings. The Morgan fingerprint density at radius 3 is 2.42 bits per heavy atom. The van der Waals surface area contributed by atoms with Gasteiger partial charge in [-0.1, -0.05) is 45.7 Å². The minimum Gasteiger partial charge on any atom is -0.318 e. The number of amides is 2. The maximum atomic E-state index is 12.9. The lowest BCUT2D eigenvalue weighted by Gasteiger charge is -2.12. The molecule has 0 aliphatic carbocycles. The molecular weight excluding hydrogens is 496 g/mol. The average Bonchev–Trinajstić information content (AvgIpc) is 3.15. The first-order valence-corrected chi connectivity index (χ1v) is 11.7. The van der Waals surface area contributed by atoms with Crippen LogP contribution in [0.1, 0.15) is 28.1 Å². The molecule has 0 bridgehead atoms. The number of hydrogen-bond donors (Lipinski definition) is 0. The van der Waals surface area contributed by atoms with Crippen molar-refractivity contribution in [1.29, 1.82) is 0 Å². The largest absolute Gasteiger partial charge is 0.318 e. The third-order valence-electron chi connectivity index (χ3n) is 5.30. The molecule has 2 aromatic carbocycles. The van der Waals surface area contributed by atoms with E-state index < -0.39 is 0 Å². The van der Waals surface area contributed by atoms with Crippen molar-refractivity contribution in [3.63, 3.8) is 0 Å². The van der Waals surface area contributed by atoms with Gasteiger partial charge in [-0.15, -0.1) is 0 Å². The molecule has 158 valence electrons. The van der Waals surface area contributed by atoms with Crippen molar-refractivity contribution in [2.45, 2.75) is 27.3 Å². The van der Waals surface area contributed by atoms with Crippen LogP contribution in [0, 0.1) is 20.8 Å². The molecule has 4 nitrogen and oxygen atoms in total. The number of thioether (sulfide) groups is 1. The van der Waals surface area contributed by atoms with E-state index in [9.17, 15) is 9.59 Å². The Labute approximate surface area is 199 Å². The molecule has 1 aliphatic heterocycles. The summed E-state index contributed by atoms with van der Waals surface area (Å²) in [6, 6.07) is 15.6. The fraction of sp³-hybridized carbons (Fsp3) is 0.167. The molecule has 2 amide bonds. The summed E-state index contributed by atoms with van der Waals surface area (Å²) in [5, 5.41) is 0.457. The highest BCUT2D eigenvalue weighted by molar-refractivity contribution is 9.10. The van der Waals surface area contributed by atoms with Crippen LogP contribution < -0.4 is 0 Å². The summed E-state index contributed by atoms with van der Waals surface area (Å²) in [5.74, 6) is -0.263. The first kappa shape index (κ1) is 21.9. The SMILES string of the molecule is Cc1ccc(-n2c(C)cc(/C=C3\SC(=O)N(Cc4ccc(Br)cc4)C3=O)c2C)cc1Cl. The molecule has 0 unspecified atom stereocenters. The smallest absolute Gasteiger partial charge is 0.293 e. The minimum atomic E-state index is -0.263. The quantitative estimate of drug-likeness (QED) is 0.349. The van der Waals surface area contributed by atoms with Crippen molar-refractivity contribution in [2.75, 3.05) is 0 Å². The predicted molar refractivity (Wildman–Crippen MR) is 131 cm³/mol. The second-order valence-electron chi connectivity index (χ2n) is 7.49. The third-order valence-corrected chi connectivity index (χ3v) is 7.14. The first-order valence-electron chi connectivity index (χ1n) is 9.70. The standard InChI is InChI=1S/C24H20BrClN2O2S/c1-14-4-9-20(12-21(14)26)28-15(2)10-18(16(28)3)11-22-23(29)27(24(30)31-22)13-17-5-7-19(25)8-6-17/h4-12H,13H2,1-3H3/b22-11-. The van der Waals surface area contributed by atoms with Crippen LogP contribution in [-0.4, -0.2) is 20.6 Å². The van der Waals surface area contributed by atoms with Gasteiger partial charge in [0, 0.05) is 26.6 Å². The highest BCUT2D eigenvalue weighted by Crippen LogP contribution is 2.35. The molecule has 31 heavy (non-hydrogen) atoms. The van der Waals surface area contributed by atoms with Gasteiger partial charge >= 0.3 is 0 Å². The molecule has 1 saturated heterocycles. The molecule has 2 heterocycles. The topological polar surface area (TPSA) is 42.3 Å². The highest BCUT2D eigenvalue weighted by Gasteiger charge is 2.35. The van der Waals surface area contributed by atoms with Crippen LogP contribution in [0.25, 0.3) is 11.8 Å². The maximum Gasteiger partial charge on any atom is 0.293 e. The van der Waals surface area contributed by atoms with Crippen molar-refractivity contribution in [2.24, 2.45) is 0 Å². The van der Waals surface area contributed by atoms with Crippen LogP contribution >= 0.6 is 39.3 Å². The Balaban J connectivity index is 1.63. The van der Waals surface area contributed by atoms with Crippen LogP contribution in [0.2, 0.25) is 5.02 Å². The van der Waals surface area contributed by atoms with Gasteiger partial charge in [0.05, 0.1) is 11.4 Å². The molecule has 7 heteroatoms. The zero-order valence-corrected chi connectivity index (χ0v) is 20.4. The lowest BCUT2D eigenvalue weighted by molar-refractivity contribution is -0.123. The third kappa shape index (κ3) is 4.38. The monoisotopic (exact) mass is 514 g/mol. The Morgan fingerprint density at radius 2 is 1.74 bits per heavy atom. The number of aryl methyl sites for hydroxylation is 2. The Morgan fingerprint density at radius 1 is 1.03 bits per heavy atom. The Hall–Kier alpha value is -2.28. The van der Waals surface area contributed by atoms with Gasteiger partial charge in [0.15, 0.2) is 0 Å². The fourth-order valence-electron chi connectivity index (χ4n) is 3.60. The van der Waals surface area contributed by atoms with E-state index in [1.54, 1.807) is 6.08 Å². The zero-order chi connectivity index (χ0) is 22.3. The Kier molecular flexibility index (Phi) is 6.15. The average molecular weight is 516 g/mol. The number of rotatable bonds is 4. The van der Waals surface area contributed by atoms with E-state index in [4.69, 9.17) is 11.6 Å². The van der Waals surface area contributed by atoms with E-state index in [1.807, 2.05) is 69.3 Å². The highest BCUT2D eigenvalue weighted by atomic mass is 79.9. The zero-order valence-electron chi connectivity index (χ0n) is 17.3. The number of carbonyl (C=O) groups excluding carboxylic acids is 2.